The minimum Gasteiger partial charge on any atom is -0.493 e. The minimum absolute atomic E-state index is 0.214. The first-order valence-corrected chi connectivity index (χ1v) is 9.08. The number of aryl methyl sites for hydroxylation is 1. The summed E-state index contributed by atoms with van der Waals surface area (Å²) < 4.78 is 11.1. The molecule has 0 aliphatic rings. The van der Waals surface area contributed by atoms with E-state index in [1.165, 1.54) is 5.56 Å². The van der Waals surface area contributed by atoms with Crippen LogP contribution in [0.4, 0.5) is 5.82 Å². The Morgan fingerprint density at radius 2 is 1.71 bits per heavy atom. The molecular weight excluding hydrogens is 350 g/mol. The van der Waals surface area contributed by atoms with Crippen molar-refractivity contribution in [3.05, 3.63) is 59.2 Å². The van der Waals surface area contributed by atoms with Crippen LogP contribution >= 0.6 is 0 Å². The van der Waals surface area contributed by atoms with E-state index in [0.29, 0.717) is 23.7 Å². The topological polar surface area (TPSA) is 81.2 Å². The molecule has 0 aliphatic carbocycles. The number of aromatic nitrogens is 1. The van der Waals surface area contributed by atoms with Gasteiger partial charge in [-0.05, 0) is 44.0 Å². The Morgan fingerprint density at radius 3 is 2.32 bits per heavy atom. The van der Waals surface area contributed by atoms with Crippen LogP contribution in [-0.2, 0) is 0 Å². The molecule has 3 rings (SSSR count). The van der Waals surface area contributed by atoms with Crippen LogP contribution in [0.3, 0.4) is 0 Å². The molecule has 1 heterocycles. The fourth-order valence-electron chi connectivity index (χ4n) is 3.26. The van der Waals surface area contributed by atoms with Crippen molar-refractivity contribution in [3.63, 3.8) is 0 Å². The number of benzene rings is 2. The molecule has 1 aromatic heterocycles. The van der Waals surface area contributed by atoms with Crippen molar-refractivity contribution in [2.45, 2.75) is 20.8 Å². The standard InChI is InChI=1S/C23H23N3O2/c1-5-28-19-11-10-17(12-20(19)27-4)21-15(3)22(26-23(25)18(21)13-24)16-8-6-14(2)7-9-16/h6-12H,5H2,1-4H3,(H2,25,26). The third kappa shape index (κ3) is 3.49. The normalized spacial score (nSPS) is 10.4. The number of methoxy groups -OCH3 is 1. The molecule has 0 unspecified atom stereocenters. The Hall–Kier alpha value is -3.52. The second-order valence-corrected chi connectivity index (χ2v) is 6.50. The zero-order valence-corrected chi connectivity index (χ0v) is 16.5. The average Bonchev–Trinajstić information content (AvgIpc) is 2.70. The lowest BCUT2D eigenvalue weighted by atomic mass is 9.92. The molecule has 0 bridgehead atoms. The molecule has 0 fully saturated rings. The van der Waals surface area contributed by atoms with E-state index < -0.39 is 0 Å². The van der Waals surface area contributed by atoms with E-state index in [1.807, 2.05) is 63.2 Å². The zero-order valence-electron chi connectivity index (χ0n) is 16.5. The van der Waals surface area contributed by atoms with Crippen molar-refractivity contribution in [1.29, 1.82) is 5.26 Å². The molecule has 0 amide bonds. The van der Waals surface area contributed by atoms with Gasteiger partial charge in [0, 0.05) is 11.1 Å². The smallest absolute Gasteiger partial charge is 0.161 e. The summed E-state index contributed by atoms with van der Waals surface area (Å²) in [5, 5.41) is 9.72. The van der Waals surface area contributed by atoms with Gasteiger partial charge in [0.25, 0.3) is 0 Å². The second-order valence-electron chi connectivity index (χ2n) is 6.50. The summed E-state index contributed by atoms with van der Waals surface area (Å²) in [7, 11) is 1.60. The van der Waals surface area contributed by atoms with Crippen molar-refractivity contribution < 1.29 is 9.47 Å². The molecule has 0 spiro atoms. The molecule has 0 saturated heterocycles. The molecule has 0 atom stereocenters. The van der Waals surface area contributed by atoms with Gasteiger partial charge in [-0.1, -0.05) is 35.9 Å². The summed E-state index contributed by atoms with van der Waals surface area (Å²) in [5.41, 5.74) is 11.9. The molecule has 2 N–H and O–H groups in total. The van der Waals surface area contributed by atoms with E-state index in [4.69, 9.17) is 15.2 Å². The van der Waals surface area contributed by atoms with E-state index >= 15 is 0 Å². The molecule has 0 saturated carbocycles. The van der Waals surface area contributed by atoms with Gasteiger partial charge in [0.15, 0.2) is 11.5 Å². The second kappa shape index (κ2) is 8.01. The summed E-state index contributed by atoms with van der Waals surface area (Å²) in [6.45, 7) is 6.45. The molecule has 28 heavy (non-hydrogen) atoms. The van der Waals surface area contributed by atoms with Crippen LogP contribution in [-0.4, -0.2) is 18.7 Å². The Labute approximate surface area is 165 Å². The Bertz CT molecular complexity index is 1050. The Balaban J connectivity index is 2.25. The van der Waals surface area contributed by atoms with Crippen molar-refractivity contribution in [1.82, 2.24) is 4.98 Å². The van der Waals surface area contributed by atoms with Gasteiger partial charge in [-0.25, -0.2) is 4.98 Å². The summed E-state index contributed by atoms with van der Waals surface area (Å²) in [6, 6.07) is 15.9. The third-order valence-corrected chi connectivity index (χ3v) is 4.66. The van der Waals surface area contributed by atoms with Crippen molar-refractivity contribution in [3.8, 4) is 40.0 Å². The molecule has 142 valence electrons. The van der Waals surface area contributed by atoms with Crippen LogP contribution in [0.2, 0.25) is 0 Å². The number of anilines is 1. The van der Waals surface area contributed by atoms with Crippen LogP contribution in [0.25, 0.3) is 22.4 Å². The molecule has 0 radical (unpaired) electrons. The lowest BCUT2D eigenvalue weighted by molar-refractivity contribution is 0.311. The summed E-state index contributed by atoms with van der Waals surface area (Å²) >= 11 is 0. The number of pyridine rings is 1. The lowest BCUT2D eigenvalue weighted by Crippen LogP contribution is -2.03. The molecular formula is C23H23N3O2. The average molecular weight is 373 g/mol. The van der Waals surface area contributed by atoms with Gasteiger partial charge >= 0.3 is 0 Å². The largest absolute Gasteiger partial charge is 0.493 e. The number of nitrogen functional groups attached to an aromatic ring is 1. The van der Waals surface area contributed by atoms with Crippen molar-refractivity contribution in [2.24, 2.45) is 0 Å². The quantitative estimate of drug-likeness (QED) is 0.688. The van der Waals surface area contributed by atoms with Gasteiger partial charge in [0.05, 0.1) is 19.4 Å². The molecule has 2 aromatic carbocycles. The number of nitrogens with two attached hydrogens (primary N) is 1. The number of rotatable bonds is 5. The fourth-order valence-corrected chi connectivity index (χ4v) is 3.26. The van der Waals surface area contributed by atoms with Gasteiger partial charge in [0.1, 0.15) is 17.5 Å². The fraction of sp³-hybridized carbons (Fsp3) is 0.217. The number of nitrogens with zero attached hydrogens (tertiary/aromatic N) is 2. The van der Waals surface area contributed by atoms with Gasteiger partial charge in [-0.15, -0.1) is 0 Å². The van der Waals surface area contributed by atoms with Crippen LogP contribution in [0.1, 0.15) is 23.6 Å². The molecule has 3 aromatic rings. The predicted octanol–water partition coefficient (Wildman–Crippen LogP) is 4.89. The van der Waals surface area contributed by atoms with Crippen molar-refractivity contribution >= 4 is 5.82 Å². The first kappa shape index (κ1) is 19.2. The van der Waals surface area contributed by atoms with Gasteiger partial charge in [-0.3, -0.25) is 0 Å². The van der Waals surface area contributed by atoms with Crippen LogP contribution in [0, 0.1) is 25.2 Å². The number of hydrogen-bond acceptors (Lipinski definition) is 5. The summed E-state index contributed by atoms with van der Waals surface area (Å²) in [6.07, 6.45) is 0. The first-order chi connectivity index (χ1) is 13.5. The highest BCUT2D eigenvalue weighted by atomic mass is 16.5. The van der Waals surface area contributed by atoms with E-state index in [1.54, 1.807) is 7.11 Å². The highest BCUT2D eigenvalue weighted by Crippen LogP contribution is 2.39. The van der Waals surface area contributed by atoms with Gasteiger partial charge in [-0.2, -0.15) is 5.26 Å². The highest BCUT2D eigenvalue weighted by molar-refractivity contribution is 5.85. The van der Waals surface area contributed by atoms with E-state index in [2.05, 4.69) is 11.1 Å². The summed E-state index contributed by atoms with van der Waals surface area (Å²) in [5.74, 6) is 1.48. The molecule has 0 aliphatic heterocycles. The monoisotopic (exact) mass is 373 g/mol. The van der Waals surface area contributed by atoms with Gasteiger partial charge in [0.2, 0.25) is 0 Å². The van der Waals surface area contributed by atoms with E-state index in [-0.39, 0.29) is 5.82 Å². The van der Waals surface area contributed by atoms with Crippen LogP contribution in [0.15, 0.2) is 42.5 Å². The maximum absolute atomic E-state index is 9.72. The van der Waals surface area contributed by atoms with Crippen LogP contribution in [0.5, 0.6) is 11.5 Å². The molecule has 5 nitrogen and oxygen atoms in total. The van der Waals surface area contributed by atoms with Crippen molar-refractivity contribution in [2.75, 3.05) is 19.5 Å². The van der Waals surface area contributed by atoms with Crippen LogP contribution < -0.4 is 15.2 Å². The highest BCUT2D eigenvalue weighted by Gasteiger charge is 2.19. The SMILES string of the molecule is CCOc1ccc(-c2c(C)c(-c3ccc(C)cc3)nc(N)c2C#N)cc1OC. The third-order valence-electron chi connectivity index (χ3n) is 4.66. The number of nitriles is 1. The zero-order chi connectivity index (χ0) is 20.3. The van der Waals surface area contributed by atoms with E-state index in [0.717, 1.165) is 27.9 Å². The predicted molar refractivity (Wildman–Crippen MR) is 111 cm³/mol. The number of hydrogen-bond donors (Lipinski definition) is 1. The minimum atomic E-state index is 0.214. The lowest BCUT2D eigenvalue weighted by Gasteiger charge is -2.17. The Kier molecular flexibility index (Phi) is 5.51. The maximum Gasteiger partial charge on any atom is 0.161 e. The first-order valence-electron chi connectivity index (χ1n) is 9.08. The molecule has 5 heteroatoms. The van der Waals surface area contributed by atoms with E-state index in [9.17, 15) is 5.26 Å². The maximum atomic E-state index is 9.72. The number of ether oxygens (including phenoxy) is 2. The Morgan fingerprint density at radius 1 is 1.04 bits per heavy atom. The van der Waals surface area contributed by atoms with Gasteiger partial charge < -0.3 is 15.2 Å². The summed E-state index contributed by atoms with van der Waals surface area (Å²) in [4.78, 5) is 4.52.